The highest BCUT2D eigenvalue weighted by atomic mass is 28.4. The maximum absolute atomic E-state index is 10.2. The molecule has 0 radical (unpaired) electrons. The lowest BCUT2D eigenvalue weighted by atomic mass is 10.1. The van der Waals surface area contributed by atoms with Crippen LogP contribution in [-0.4, -0.2) is 32.7 Å². The van der Waals surface area contributed by atoms with Gasteiger partial charge in [-0.2, -0.15) is 0 Å². The number of aliphatic hydroxyl groups is 1. The van der Waals surface area contributed by atoms with Crippen molar-refractivity contribution in [3.63, 3.8) is 0 Å². The fourth-order valence-electron chi connectivity index (χ4n) is 1.70. The van der Waals surface area contributed by atoms with Crippen LogP contribution in [0.2, 0.25) is 18.1 Å². The molecule has 0 saturated carbocycles. The zero-order chi connectivity index (χ0) is 16.8. The summed E-state index contributed by atoms with van der Waals surface area (Å²) in [5.41, 5.74) is 1.12. The fourth-order valence-corrected chi connectivity index (χ4v) is 2.82. The molecule has 0 unspecified atom stereocenters. The van der Waals surface area contributed by atoms with E-state index in [2.05, 4.69) is 33.9 Å². The Morgan fingerprint density at radius 1 is 1.09 bits per heavy atom. The van der Waals surface area contributed by atoms with Crippen LogP contribution in [-0.2, 0) is 15.8 Å². The maximum Gasteiger partial charge on any atom is 0.191 e. The molecular formula is C18H32O3Si. The minimum Gasteiger partial charge on any atom is -0.416 e. The standard InChI is InChI=1S/C18H32O3Si/c1-15(12-21-22(5,6)18(2,3)4)17(19)14-20-13-16-10-8-7-9-11-16/h7-11,15,17,19H,12-14H2,1-6H3/t15-,17+/m1/s1. The van der Waals surface area contributed by atoms with E-state index in [4.69, 9.17) is 9.16 Å². The van der Waals surface area contributed by atoms with E-state index in [1.807, 2.05) is 37.3 Å². The molecule has 126 valence electrons. The molecule has 1 N–H and O–H groups in total. The third kappa shape index (κ3) is 6.21. The van der Waals surface area contributed by atoms with E-state index < -0.39 is 14.4 Å². The Labute approximate surface area is 136 Å². The first-order chi connectivity index (χ1) is 10.1. The predicted octanol–water partition coefficient (Wildman–Crippen LogP) is 4.22. The molecule has 0 heterocycles. The number of benzene rings is 1. The summed E-state index contributed by atoms with van der Waals surface area (Å²) >= 11 is 0. The Morgan fingerprint density at radius 2 is 1.68 bits per heavy atom. The topological polar surface area (TPSA) is 38.7 Å². The van der Waals surface area contributed by atoms with Crippen LogP contribution < -0.4 is 0 Å². The van der Waals surface area contributed by atoms with Gasteiger partial charge in [-0.25, -0.2) is 0 Å². The quantitative estimate of drug-likeness (QED) is 0.728. The van der Waals surface area contributed by atoms with Crippen LogP contribution in [0.3, 0.4) is 0 Å². The van der Waals surface area contributed by atoms with Crippen LogP contribution in [0.25, 0.3) is 0 Å². The smallest absolute Gasteiger partial charge is 0.191 e. The fraction of sp³-hybridized carbons (Fsp3) is 0.667. The number of aliphatic hydroxyl groups excluding tert-OH is 1. The third-order valence-corrected chi connectivity index (χ3v) is 9.07. The van der Waals surface area contributed by atoms with Gasteiger partial charge in [0.25, 0.3) is 0 Å². The third-order valence-electron chi connectivity index (χ3n) is 4.57. The summed E-state index contributed by atoms with van der Waals surface area (Å²) in [6.07, 6.45) is -0.492. The van der Waals surface area contributed by atoms with E-state index in [9.17, 15) is 5.11 Å². The SMILES string of the molecule is C[C@H](CO[Si](C)(C)C(C)(C)C)[C@@H](O)COCc1ccccc1. The average Bonchev–Trinajstić information content (AvgIpc) is 2.44. The molecule has 0 spiro atoms. The highest BCUT2D eigenvalue weighted by Crippen LogP contribution is 2.36. The molecule has 0 bridgehead atoms. The molecule has 3 nitrogen and oxygen atoms in total. The molecule has 0 fully saturated rings. The molecule has 0 aliphatic rings. The summed E-state index contributed by atoms with van der Waals surface area (Å²) in [7, 11) is -1.75. The molecule has 1 aromatic carbocycles. The van der Waals surface area contributed by atoms with Crippen molar-refractivity contribution in [3.05, 3.63) is 35.9 Å². The van der Waals surface area contributed by atoms with E-state index >= 15 is 0 Å². The summed E-state index contributed by atoms with van der Waals surface area (Å²) in [6.45, 7) is 14.6. The van der Waals surface area contributed by atoms with E-state index in [1.54, 1.807) is 0 Å². The van der Waals surface area contributed by atoms with Gasteiger partial charge in [0.2, 0.25) is 0 Å². The highest BCUT2D eigenvalue weighted by Gasteiger charge is 2.37. The monoisotopic (exact) mass is 324 g/mol. The molecule has 1 aromatic rings. The summed E-state index contributed by atoms with van der Waals surface area (Å²) in [4.78, 5) is 0. The van der Waals surface area contributed by atoms with Crippen molar-refractivity contribution in [2.75, 3.05) is 13.2 Å². The van der Waals surface area contributed by atoms with E-state index in [-0.39, 0.29) is 11.0 Å². The lowest BCUT2D eigenvalue weighted by molar-refractivity contribution is -0.00953. The maximum atomic E-state index is 10.2. The average molecular weight is 325 g/mol. The summed E-state index contributed by atoms with van der Waals surface area (Å²) in [6, 6.07) is 10.0. The van der Waals surface area contributed by atoms with Gasteiger partial charge in [-0.1, -0.05) is 58.0 Å². The summed E-state index contributed by atoms with van der Waals surface area (Å²) in [5.74, 6) is 0.0740. The molecule has 1 rings (SSSR count). The van der Waals surface area contributed by atoms with Gasteiger partial charge < -0.3 is 14.3 Å². The normalized spacial score (nSPS) is 15.6. The van der Waals surface area contributed by atoms with Crippen molar-refractivity contribution in [1.82, 2.24) is 0 Å². The van der Waals surface area contributed by atoms with Crippen LogP contribution in [0.4, 0.5) is 0 Å². The van der Waals surface area contributed by atoms with Gasteiger partial charge in [-0.15, -0.1) is 0 Å². The molecule has 0 aliphatic heterocycles. The zero-order valence-corrected chi connectivity index (χ0v) is 15.9. The molecule has 0 aromatic heterocycles. The van der Waals surface area contributed by atoms with Gasteiger partial charge >= 0.3 is 0 Å². The van der Waals surface area contributed by atoms with Crippen molar-refractivity contribution in [2.24, 2.45) is 5.92 Å². The Kier molecular flexibility index (Phi) is 7.26. The lowest BCUT2D eigenvalue weighted by Crippen LogP contribution is -2.43. The van der Waals surface area contributed by atoms with E-state index in [0.29, 0.717) is 19.8 Å². The Balaban J connectivity index is 2.32. The van der Waals surface area contributed by atoms with Gasteiger partial charge in [0.1, 0.15) is 0 Å². The summed E-state index contributed by atoms with van der Waals surface area (Å²) in [5, 5.41) is 10.4. The van der Waals surface area contributed by atoms with Crippen molar-refractivity contribution < 1.29 is 14.3 Å². The summed E-state index contributed by atoms with van der Waals surface area (Å²) < 4.78 is 11.8. The van der Waals surface area contributed by atoms with Gasteiger partial charge in [-0.3, -0.25) is 0 Å². The van der Waals surface area contributed by atoms with Crippen LogP contribution in [0.5, 0.6) is 0 Å². The number of ether oxygens (including phenoxy) is 1. The lowest BCUT2D eigenvalue weighted by Gasteiger charge is -2.37. The van der Waals surface area contributed by atoms with Crippen molar-refractivity contribution in [3.8, 4) is 0 Å². The molecule has 4 heteroatoms. The molecule has 0 amide bonds. The van der Waals surface area contributed by atoms with Crippen molar-refractivity contribution in [2.45, 2.75) is 58.5 Å². The first-order valence-electron chi connectivity index (χ1n) is 8.07. The van der Waals surface area contributed by atoms with Crippen molar-refractivity contribution >= 4 is 8.32 Å². The predicted molar refractivity (Wildman–Crippen MR) is 94.4 cm³/mol. The van der Waals surface area contributed by atoms with Crippen LogP contribution in [0.15, 0.2) is 30.3 Å². The minimum absolute atomic E-state index is 0.0740. The second-order valence-electron chi connectivity index (χ2n) is 7.62. The van der Waals surface area contributed by atoms with Gasteiger partial charge in [0.05, 0.1) is 19.3 Å². The first-order valence-corrected chi connectivity index (χ1v) is 11.0. The zero-order valence-electron chi connectivity index (χ0n) is 14.9. The molecule has 0 saturated heterocycles. The Bertz CT molecular complexity index is 426. The molecule has 0 aliphatic carbocycles. The first kappa shape index (κ1) is 19.4. The van der Waals surface area contributed by atoms with Crippen LogP contribution in [0.1, 0.15) is 33.3 Å². The Hall–Kier alpha value is -0.683. The molecule has 2 atom stereocenters. The number of hydrogen-bond donors (Lipinski definition) is 1. The number of hydrogen-bond acceptors (Lipinski definition) is 3. The second kappa shape index (κ2) is 8.25. The van der Waals surface area contributed by atoms with E-state index in [1.165, 1.54) is 0 Å². The van der Waals surface area contributed by atoms with Gasteiger partial charge in [0, 0.05) is 12.5 Å². The minimum atomic E-state index is -1.75. The molecular weight excluding hydrogens is 292 g/mol. The van der Waals surface area contributed by atoms with Crippen LogP contribution >= 0.6 is 0 Å². The highest BCUT2D eigenvalue weighted by molar-refractivity contribution is 6.74. The second-order valence-corrected chi connectivity index (χ2v) is 12.4. The van der Waals surface area contributed by atoms with Crippen molar-refractivity contribution in [1.29, 1.82) is 0 Å². The van der Waals surface area contributed by atoms with Gasteiger partial charge in [0.15, 0.2) is 8.32 Å². The largest absolute Gasteiger partial charge is 0.416 e. The number of rotatable bonds is 8. The van der Waals surface area contributed by atoms with E-state index in [0.717, 1.165) is 5.56 Å². The molecule has 22 heavy (non-hydrogen) atoms. The van der Waals surface area contributed by atoms with Gasteiger partial charge in [-0.05, 0) is 23.7 Å². The Morgan fingerprint density at radius 3 is 2.23 bits per heavy atom. The van der Waals surface area contributed by atoms with Crippen LogP contribution in [0, 0.1) is 5.92 Å².